The zero-order valence-electron chi connectivity index (χ0n) is 14.2. The van der Waals surface area contributed by atoms with Crippen LogP contribution in [-0.2, 0) is 6.18 Å². The summed E-state index contributed by atoms with van der Waals surface area (Å²) in [6, 6.07) is 1.07. The van der Waals surface area contributed by atoms with Crippen molar-refractivity contribution in [3.63, 3.8) is 0 Å². The van der Waals surface area contributed by atoms with Crippen LogP contribution in [-0.4, -0.2) is 31.1 Å². The Morgan fingerprint density at radius 1 is 1.08 bits per heavy atom. The van der Waals surface area contributed by atoms with Crippen LogP contribution in [0.2, 0.25) is 5.02 Å². The number of halogens is 7. The lowest BCUT2D eigenvalue weighted by molar-refractivity contribution is -0.137. The van der Waals surface area contributed by atoms with Crippen molar-refractivity contribution < 1.29 is 17.6 Å². The van der Waals surface area contributed by atoms with E-state index in [2.05, 4.69) is 5.32 Å². The molecule has 0 aliphatic carbocycles. The van der Waals surface area contributed by atoms with Crippen LogP contribution in [0.4, 0.5) is 17.6 Å². The standard InChI is InChI=1S/C16H21ClF4N2.2ClH/c1-15(2,3)14(23-6-4-22-5-7-23)11-8-10(16(19,20)21)9-12(17)13(11)18;;/h8-9,14,22H,4-7H2,1-3H3;2*1H/t14-;;/m0../s1. The van der Waals surface area contributed by atoms with Crippen molar-refractivity contribution in [1.82, 2.24) is 10.2 Å². The van der Waals surface area contributed by atoms with E-state index in [1.54, 1.807) is 0 Å². The van der Waals surface area contributed by atoms with Gasteiger partial charge >= 0.3 is 6.18 Å². The Morgan fingerprint density at radius 2 is 1.60 bits per heavy atom. The Balaban J connectivity index is 0.00000288. The van der Waals surface area contributed by atoms with Gasteiger partial charge in [-0.25, -0.2) is 4.39 Å². The van der Waals surface area contributed by atoms with E-state index in [4.69, 9.17) is 11.6 Å². The maximum Gasteiger partial charge on any atom is 0.416 e. The summed E-state index contributed by atoms with van der Waals surface area (Å²) in [4.78, 5) is 2.02. The molecular formula is C16H23Cl3F4N2. The molecule has 1 saturated heterocycles. The molecule has 0 spiro atoms. The lowest BCUT2D eigenvalue weighted by Crippen LogP contribution is -2.48. The maximum atomic E-state index is 14.6. The molecule has 0 saturated carbocycles. The van der Waals surface area contributed by atoms with Crippen LogP contribution in [0, 0.1) is 11.2 Å². The number of nitrogens with one attached hydrogen (secondary N) is 1. The van der Waals surface area contributed by atoms with Gasteiger partial charge in [-0.1, -0.05) is 32.4 Å². The van der Waals surface area contributed by atoms with Gasteiger partial charge in [0, 0.05) is 37.8 Å². The molecule has 25 heavy (non-hydrogen) atoms. The molecule has 1 aromatic rings. The van der Waals surface area contributed by atoms with Gasteiger partial charge in [0.25, 0.3) is 0 Å². The average Bonchev–Trinajstić information content (AvgIpc) is 2.42. The first-order valence-electron chi connectivity index (χ1n) is 7.52. The van der Waals surface area contributed by atoms with Crippen LogP contribution in [0.3, 0.4) is 0 Å². The molecule has 0 amide bonds. The fraction of sp³-hybridized carbons (Fsp3) is 0.625. The number of hydrogen-bond donors (Lipinski definition) is 1. The fourth-order valence-electron chi connectivity index (χ4n) is 3.12. The van der Waals surface area contributed by atoms with Crippen molar-refractivity contribution in [2.45, 2.75) is 33.0 Å². The van der Waals surface area contributed by atoms with Gasteiger partial charge in [0.05, 0.1) is 10.6 Å². The zero-order chi connectivity index (χ0) is 17.4. The number of hydrogen-bond acceptors (Lipinski definition) is 2. The van der Waals surface area contributed by atoms with Crippen molar-refractivity contribution >= 4 is 36.4 Å². The summed E-state index contributed by atoms with van der Waals surface area (Å²) < 4.78 is 53.8. The largest absolute Gasteiger partial charge is 0.416 e. The smallest absolute Gasteiger partial charge is 0.314 e. The second-order valence-corrected chi connectivity index (χ2v) is 7.32. The SMILES string of the molecule is CC(C)(C)[C@H](c1cc(C(F)(F)F)cc(Cl)c1F)N1CCNCC1.Cl.Cl. The van der Waals surface area contributed by atoms with Crippen molar-refractivity contribution in [2.75, 3.05) is 26.2 Å². The molecule has 1 fully saturated rings. The van der Waals surface area contributed by atoms with Gasteiger partial charge in [0.2, 0.25) is 0 Å². The first-order chi connectivity index (χ1) is 10.5. The van der Waals surface area contributed by atoms with Crippen molar-refractivity contribution in [2.24, 2.45) is 5.41 Å². The highest BCUT2D eigenvalue weighted by molar-refractivity contribution is 6.30. The molecule has 1 atom stereocenters. The minimum Gasteiger partial charge on any atom is -0.314 e. The van der Waals surface area contributed by atoms with E-state index in [0.717, 1.165) is 19.2 Å². The Bertz CT molecular complexity index is 568. The second-order valence-electron chi connectivity index (χ2n) is 6.91. The molecule has 2 rings (SSSR count). The summed E-state index contributed by atoms with van der Waals surface area (Å²) in [7, 11) is 0. The molecule has 1 N–H and O–H groups in total. The maximum absolute atomic E-state index is 14.6. The van der Waals surface area contributed by atoms with Crippen LogP contribution in [0.25, 0.3) is 0 Å². The third-order valence-corrected chi connectivity index (χ3v) is 4.29. The summed E-state index contributed by atoms with van der Waals surface area (Å²) in [6.07, 6.45) is -4.56. The topological polar surface area (TPSA) is 15.3 Å². The van der Waals surface area contributed by atoms with Crippen molar-refractivity contribution in [3.05, 3.63) is 34.1 Å². The van der Waals surface area contributed by atoms with Crippen LogP contribution >= 0.6 is 36.4 Å². The summed E-state index contributed by atoms with van der Waals surface area (Å²) >= 11 is 5.75. The first-order valence-corrected chi connectivity index (χ1v) is 7.90. The molecule has 1 aliphatic rings. The average molecular weight is 426 g/mol. The van der Waals surface area contributed by atoms with E-state index in [1.807, 2.05) is 25.7 Å². The molecule has 0 unspecified atom stereocenters. The molecule has 0 radical (unpaired) electrons. The van der Waals surface area contributed by atoms with E-state index in [9.17, 15) is 17.6 Å². The van der Waals surface area contributed by atoms with E-state index in [0.29, 0.717) is 19.2 Å². The predicted octanol–water partition coefficient (Wildman–Crippen LogP) is 5.33. The van der Waals surface area contributed by atoms with Gasteiger partial charge < -0.3 is 5.32 Å². The highest BCUT2D eigenvalue weighted by Gasteiger charge is 2.38. The zero-order valence-corrected chi connectivity index (χ0v) is 16.6. The van der Waals surface area contributed by atoms with Crippen LogP contribution in [0.5, 0.6) is 0 Å². The highest BCUT2D eigenvalue weighted by Crippen LogP contribution is 2.43. The number of benzene rings is 1. The third-order valence-electron chi connectivity index (χ3n) is 4.02. The van der Waals surface area contributed by atoms with E-state index in [1.165, 1.54) is 0 Å². The molecule has 1 aliphatic heterocycles. The normalized spacial score (nSPS) is 17.4. The molecule has 9 heteroatoms. The first kappa shape index (κ1) is 24.7. The van der Waals surface area contributed by atoms with Crippen molar-refractivity contribution in [1.29, 1.82) is 0 Å². The third kappa shape index (κ3) is 5.86. The van der Waals surface area contributed by atoms with E-state index in [-0.39, 0.29) is 30.4 Å². The minimum atomic E-state index is -4.56. The summed E-state index contributed by atoms with van der Waals surface area (Å²) in [5.74, 6) is -0.766. The molecule has 1 heterocycles. The van der Waals surface area contributed by atoms with Crippen LogP contribution < -0.4 is 5.32 Å². The van der Waals surface area contributed by atoms with E-state index >= 15 is 0 Å². The van der Waals surface area contributed by atoms with E-state index < -0.39 is 34.0 Å². The Morgan fingerprint density at radius 3 is 2.04 bits per heavy atom. The number of alkyl halides is 3. The minimum absolute atomic E-state index is 0. The monoisotopic (exact) mass is 424 g/mol. The summed E-state index contributed by atoms with van der Waals surface area (Å²) in [6.45, 7) is 8.43. The summed E-state index contributed by atoms with van der Waals surface area (Å²) in [5, 5.41) is 2.71. The lowest BCUT2D eigenvalue weighted by atomic mass is 9.80. The predicted molar refractivity (Wildman–Crippen MR) is 97.5 cm³/mol. The van der Waals surface area contributed by atoms with Crippen LogP contribution in [0.1, 0.15) is 37.9 Å². The van der Waals surface area contributed by atoms with Gasteiger partial charge in [-0.15, -0.1) is 24.8 Å². The quantitative estimate of drug-likeness (QED) is 0.644. The Hall–Kier alpha value is -0.270. The number of piperazine rings is 1. The van der Waals surface area contributed by atoms with Gasteiger partial charge in [-0.2, -0.15) is 13.2 Å². The molecule has 146 valence electrons. The Labute approximate surface area is 163 Å². The van der Waals surface area contributed by atoms with Gasteiger partial charge in [0.15, 0.2) is 0 Å². The lowest BCUT2D eigenvalue weighted by Gasteiger charge is -2.43. The summed E-state index contributed by atoms with van der Waals surface area (Å²) in [5.41, 5.74) is -1.34. The number of rotatable bonds is 2. The molecular weight excluding hydrogens is 403 g/mol. The molecule has 1 aromatic carbocycles. The second kappa shape index (κ2) is 9.09. The molecule has 0 aromatic heterocycles. The molecule has 2 nitrogen and oxygen atoms in total. The van der Waals surface area contributed by atoms with Gasteiger partial charge in [0.1, 0.15) is 5.82 Å². The molecule has 0 bridgehead atoms. The van der Waals surface area contributed by atoms with Gasteiger partial charge in [-0.3, -0.25) is 4.90 Å². The fourth-order valence-corrected chi connectivity index (χ4v) is 3.35. The number of nitrogens with zero attached hydrogens (tertiary/aromatic N) is 1. The highest BCUT2D eigenvalue weighted by atomic mass is 35.5. The van der Waals surface area contributed by atoms with Crippen LogP contribution in [0.15, 0.2) is 12.1 Å². The Kier molecular flexibility index (Phi) is 8.99. The van der Waals surface area contributed by atoms with Gasteiger partial charge in [-0.05, 0) is 17.5 Å². The van der Waals surface area contributed by atoms with Crippen molar-refractivity contribution in [3.8, 4) is 0 Å².